The molecule has 21 heavy (non-hydrogen) atoms. The highest BCUT2D eigenvalue weighted by atomic mass is 35.5. The van der Waals surface area contributed by atoms with Crippen LogP contribution in [0.5, 0.6) is 0 Å². The maximum absolute atomic E-state index is 11.2. The van der Waals surface area contributed by atoms with Gasteiger partial charge in [-0.3, -0.25) is 5.32 Å². The molecule has 6 heteroatoms. The topological polar surface area (TPSA) is 67.0 Å². The molecular weight excluding hydrogens is 290 g/mol. The molecule has 106 valence electrons. The summed E-state index contributed by atoms with van der Waals surface area (Å²) in [7, 11) is 0. The predicted molar refractivity (Wildman–Crippen MR) is 82.6 cm³/mol. The number of ether oxygens (including phenoxy) is 1. The van der Waals surface area contributed by atoms with E-state index in [0.29, 0.717) is 0 Å². The van der Waals surface area contributed by atoms with Gasteiger partial charge >= 0.3 is 6.09 Å². The van der Waals surface area contributed by atoms with Crippen LogP contribution in [0.3, 0.4) is 0 Å². The largest absolute Gasteiger partial charge is 0.444 e. The molecule has 2 aromatic carbocycles. The molecule has 5 nitrogen and oxygen atoms in total. The van der Waals surface area contributed by atoms with Crippen LogP contribution in [0.1, 0.15) is 5.56 Å². The second-order valence-electron chi connectivity index (χ2n) is 4.68. The molecule has 0 aliphatic carbocycles. The van der Waals surface area contributed by atoms with Crippen molar-refractivity contribution < 1.29 is 9.53 Å². The van der Waals surface area contributed by atoms with Gasteiger partial charge in [0.05, 0.1) is 16.7 Å². The molecule has 1 aromatic heterocycles. The smallest absolute Gasteiger partial charge is 0.411 e. The van der Waals surface area contributed by atoms with E-state index in [1.807, 2.05) is 42.5 Å². The Morgan fingerprint density at radius 1 is 1.14 bits per heavy atom. The number of aromatic amines is 1. The van der Waals surface area contributed by atoms with Crippen molar-refractivity contribution in [3.8, 4) is 11.4 Å². The molecule has 1 aliphatic heterocycles. The number of imidazole rings is 1. The first kappa shape index (κ1) is 13.5. The Morgan fingerprint density at radius 3 is 2.76 bits per heavy atom. The van der Waals surface area contributed by atoms with E-state index in [4.69, 9.17) is 4.74 Å². The molecule has 0 bridgehead atoms. The summed E-state index contributed by atoms with van der Waals surface area (Å²) in [5.41, 5.74) is 4.49. The van der Waals surface area contributed by atoms with E-state index in [-0.39, 0.29) is 19.0 Å². The Balaban J connectivity index is 0.00000132. The van der Waals surface area contributed by atoms with E-state index in [1.54, 1.807) is 0 Å². The van der Waals surface area contributed by atoms with Crippen LogP contribution in [-0.2, 0) is 11.3 Å². The molecular formula is C15H12ClN3O2. The van der Waals surface area contributed by atoms with Gasteiger partial charge in [-0.15, -0.1) is 12.4 Å². The van der Waals surface area contributed by atoms with Gasteiger partial charge in [-0.2, -0.15) is 0 Å². The Bertz CT molecular complexity index is 814. The monoisotopic (exact) mass is 301 g/mol. The van der Waals surface area contributed by atoms with E-state index in [9.17, 15) is 4.79 Å². The van der Waals surface area contributed by atoms with Crippen molar-refractivity contribution in [2.45, 2.75) is 6.61 Å². The van der Waals surface area contributed by atoms with Gasteiger partial charge in [0.25, 0.3) is 0 Å². The van der Waals surface area contributed by atoms with Crippen LogP contribution in [0.2, 0.25) is 0 Å². The summed E-state index contributed by atoms with van der Waals surface area (Å²) in [6.45, 7) is 0.288. The molecule has 2 heterocycles. The first-order valence-electron chi connectivity index (χ1n) is 6.31. The number of aromatic nitrogens is 2. The Kier molecular flexibility index (Phi) is 3.27. The molecule has 0 unspecified atom stereocenters. The summed E-state index contributed by atoms with van der Waals surface area (Å²) < 4.78 is 4.96. The first-order chi connectivity index (χ1) is 9.79. The third-order valence-corrected chi connectivity index (χ3v) is 3.35. The van der Waals surface area contributed by atoms with E-state index in [1.165, 1.54) is 0 Å². The van der Waals surface area contributed by atoms with Crippen LogP contribution in [0, 0.1) is 0 Å². The number of amides is 1. The van der Waals surface area contributed by atoms with Gasteiger partial charge < -0.3 is 9.72 Å². The summed E-state index contributed by atoms with van der Waals surface area (Å²) in [6.07, 6.45) is -0.421. The van der Waals surface area contributed by atoms with Gasteiger partial charge in [-0.1, -0.05) is 30.3 Å². The molecule has 3 aromatic rings. The SMILES string of the molecule is Cl.O=C1Nc2cc3nc(-c4ccccc4)[nH]c3cc2CO1. The van der Waals surface area contributed by atoms with Gasteiger partial charge in [-0.05, 0) is 12.1 Å². The number of fused-ring (bicyclic) bond motifs is 2. The van der Waals surface area contributed by atoms with Crippen LogP contribution in [-0.4, -0.2) is 16.1 Å². The van der Waals surface area contributed by atoms with Crippen LogP contribution in [0.4, 0.5) is 10.5 Å². The number of carbonyl (C=O) groups excluding carboxylic acids is 1. The fourth-order valence-electron chi connectivity index (χ4n) is 2.36. The number of hydrogen-bond acceptors (Lipinski definition) is 3. The maximum Gasteiger partial charge on any atom is 0.411 e. The minimum atomic E-state index is -0.421. The molecule has 1 amide bonds. The molecule has 1 aliphatic rings. The normalized spacial score (nSPS) is 13.0. The number of halogens is 1. The zero-order valence-corrected chi connectivity index (χ0v) is 11.7. The molecule has 4 rings (SSSR count). The molecule has 0 radical (unpaired) electrons. The van der Waals surface area contributed by atoms with Crippen molar-refractivity contribution >= 4 is 35.2 Å². The minimum Gasteiger partial charge on any atom is -0.444 e. The number of cyclic esters (lactones) is 1. The number of anilines is 1. The lowest BCUT2D eigenvalue weighted by atomic mass is 10.1. The van der Waals surface area contributed by atoms with E-state index in [2.05, 4.69) is 15.3 Å². The van der Waals surface area contributed by atoms with Crippen molar-refractivity contribution in [3.63, 3.8) is 0 Å². The number of benzene rings is 2. The number of nitrogens with zero attached hydrogens (tertiary/aromatic N) is 1. The van der Waals surface area contributed by atoms with E-state index < -0.39 is 6.09 Å². The number of nitrogens with one attached hydrogen (secondary N) is 2. The average Bonchev–Trinajstić information content (AvgIpc) is 2.88. The Hall–Kier alpha value is -2.53. The lowest BCUT2D eigenvalue weighted by Crippen LogP contribution is -2.20. The van der Waals surface area contributed by atoms with Crippen molar-refractivity contribution in [1.82, 2.24) is 9.97 Å². The van der Waals surface area contributed by atoms with Crippen molar-refractivity contribution in [2.24, 2.45) is 0 Å². The summed E-state index contributed by atoms with van der Waals surface area (Å²) in [5.74, 6) is 0.815. The van der Waals surface area contributed by atoms with Crippen LogP contribution >= 0.6 is 12.4 Å². The highest BCUT2D eigenvalue weighted by molar-refractivity contribution is 5.92. The number of hydrogen-bond donors (Lipinski definition) is 2. The molecule has 0 fully saturated rings. The van der Waals surface area contributed by atoms with Crippen LogP contribution in [0.15, 0.2) is 42.5 Å². The molecule has 0 atom stereocenters. The van der Waals surface area contributed by atoms with Crippen molar-refractivity contribution in [1.29, 1.82) is 0 Å². The zero-order chi connectivity index (χ0) is 13.5. The second-order valence-corrected chi connectivity index (χ2v) is 4.68. The summed E-state index contributed by atoms with van der Waals surface area (Å²) in [6, 6.07) is 13.8. The van der Waals surface area contributed by atoms with Gasteiger partial charge in [0, 0.05) is 11.1 Å². The van der Waals surface area contributed by atoms with E-state index >= 15 is 0 Å². The van der Waals surface area contributed by atoms with E-state index in [0.717, 1.165) is 33.7 Å². The van der Waals surface area contributed by atoms with Crippen LogP contribution < -0.4 is 5.32 Å². The van der Waals surface area contributed by atoms with Gasteiger partial charge in [0.15, 0.2) is 0 Å². The third kappa shape index (κ3) is 2.32. The van der Waals surface area contributed by atoms with Crippen molar-refractivity contribution in [3.05, 3.63) is 48.0 Å². The highest BCUT2D eigenvalue weighted by Crippen LogP contribution is 2.28. The Labute approximate surface area is 126 Å². The first-order valence-corrected chi connectivity index (χ1v) is 6.31. The molecule has 0 saturated carbocycles. The highest BCUT2D eigenvalue weighted by Gasteiger charge is 2.17. The lowest BCUT2D eigenvalue weighted by Gasteiger charge is -2.16. The third-order valence-electron chi connectivity index (χ3n) is 3.35. The van der Waals surface area contributed by atoms with Crippen molar-refractivity contribution in [2.75, 3.05) is 5.32 Å². The van der Waals surface area contributed by atoms with Gasteiger partial charge in [0.2, 0.25) is 0 Å². The molecule has 0 spiro atoms. The Morgan fingerprint density at radius 2 is 1.95 bits per heavy atom. The summed E-state index contributed by atoms with van der Waals surface area (Å²) >= 11 is 0. The maximum atomic E-state index is 11.2. The standard InChI is InChI=1S/C15H11N3O2.ClH/c19-15-18-11-7-13-12(6-10(11)8-20-15)16-14(17-13)9-4-2-1-3-5-9;/h1-7H,8H2,(H,16,17)(H,18,19);1H. The summed E-state index contributed by atoms with van der Waals surface area (Å²) in [5, 5.41) is 2.69. The second kappa shape index (κ2) is 5.10. The average molecular weight is 302 g/mol. The predicted octanol–water partition coefficient (Wildman–Crippen LogP) is 3.71. The summed E-state index contributed by atoms with van der Waals surface area (Å²) in [4.78, 5) is 19.1. The van der Waals surface area contributed by atoms with Gasteiger partial charge in [0.1, 0.15) is 12.4 Å². The molecule has 0 saturated heterocycles. The zero-order valence-electron chi connectivity index (χ0n) is 10.9. The fourth-order valence-corrected chi connectivity index (χ4v) is 2.36. The number of H-pyrrole nitrogens is 1. The fraction of sp³-hybridized carbons (Fsp3) is 0.0667. The van der Waals surface area contributed by atoms with Gasteiger partial charge in [-0.25, -0.2) is 9.78 Å². The lowest BCUT2D eigenvalue weighted by molar-refractivity contribution is 0.151. The molecule has 2 N–H and O–H groups in total. The van der Waals surface area contributed by atoms with Crippen LogP contribution in [0.25, 0.3) is 22.4 Å². The number of carbonyl (C=O) groups is 1. The number of rotatable bonds is 1. The minimum absolute atomic E-state index is 0. The quantitative estimate of drug-likeness (QED) is 0.720.